The number of hydrogen-bond acceptors (Lipinski definition) is 4. The maximum absolute atomic E-state index is 5.63. The largest absolute Gasteiger partial charge is 0.481 e. The second-order valence-corrected chi connectivity index (χ2v) is 5.46. The number of aromatic amines is 1. The van der Waals surface area contributed by atoms with Crippen molar-refractivity contribution in [3.63, 3.8) is 0 Å². The van der Waals surface area contributed by atoms with E-state index in [0.29, 0.717) is 10.7 Å². The SMILES string of the molecule is COc1ccc2[nH]c(=S)n(C(C)c3cc(C)oc3C)c2n1. The van der Waals surface area contributed by atoms with Crippen molar-refractivity contribution in [3.05, 3.63) is 40.1 Å². The molecule has 3 aromatic heterocycles. The van der Waals surface area contributed by atoms with Crippen LogP contribution in [0.15, 0.2) is 22.6 Å². The summed E-state index contributed by atoms with van der Waals surface area (Å²) in [4.78, 5) is 7.69. The Bertz CT molecular complexity index is 860. The van der Waals surface area contributed by atoms with E-state index < -0.39 is 0 Å². The third-order valence-electron chi connectivity index (χ3n) is 3.66. The number of ether oxygens (including phenoxy) is 1. The van der Waals surface area contributed by atoms with E-state index in [1.807, 2.05) is 36.6 Å². The van der Waals surface area contributed by atoms with Gasteiger partial charge in [-0.25, -0.2) is 0 Å². The lowest BCUT2D eigenvalue weighted by atomic mass is 10.1. The van der Waals surface area contributed by atoms with Crippen LogP contribution in [0.1, 0.15) is 30.0 Å². The van der Waals surface area contributed by atoms with Gasteiger partial charge in [-0.1, -0.05) is 0 Å². The maximum Gasteiger partial charge on any atom is 0.215 e. The third kappa shape index (κ3) is 2.25. The van der Waals surface area contributed by atoms with Gasteiger partial charge in [-0.05, 0) is 45.1 Å². The molecular weight excluding hydrogens is 286 g/mol. The van der Waals surface area contributed by atoms with E-state index in [2.05, 4.69) is 16.9 Å². The first-order valence-electron chi connectivity index (χ1n) is 6.73. The number of imidazole rings is 1. The highest BCUT2D eigenvalue weighted by Gasteiger charge is 2.18. The zero-order valence-corrected chi connectivity index (χ0v) is 13.2. The van der Waals surface area contributed by atoms with Gasteiger partial charge in [0.2, 0.25) is 5.88 Å². The van der Waals surface area contributed by atoms with E-state index in [9.17, 15) is 0 Å². The van der Waals surface area contributed by atoms with Crippen molar-refractivity contribution >= 4 is 23.4 Å². The molecule has 0 radical (unpaired) electrons. The standard InChI is InChI=1S/C15H17N3O2S/c1-8-7-11(10(3)20-8)9(2)18-14-12(16-15(18)21)5-6-13(17-14)19-4/h5-7,9H,1-4H3,(H,16,21). The third-order valence-corrected chi connectivity index (χ3v) is 3.96. The number of pyridine rings is 1. The van der Waals surface area contributed by atoms with E-state index in [-0.39, 0.29) is 6.04 Å². The number of methoxy groups -OCH3 is 1. The van der Waals surface area contributed by atoms with Gasteiger partial charge in [0, 0.05) is 11.6 Å². The molecule has 1 atom stereocenters. The fourth-order valence-corrected chi connectivity index (χ4v) is 3.02. The quantitative estimate of drug-likeness (QED) is 0.745. The van der Waals surface area contributed by atoms with Gasteiger partial charge in [-0.3, -0.25) is 4.57 Å². The summed E-state index contributed by atoms with van der Waals surface area (Å²) >= 11 is 5.45. The van der Waals surface area contributed by atoms with Crippen molar-refractivity contribution < 1.29 is 9.15 Å². The van der Waals surface area contributed by atoms with Gasteiger partial charge in [0.05, 0.1) is 18.7 Å². The number of rotatable bonds is 3. The average Bonchev–Trinajstić information content (AvgIpc) is 2.95. The van der Waals surface area contributed by atoms with Gasteiger partial charge in [0.1, 0.15) is 11.5 Å². The van der Waals surface area contributed by atoms with Crippen LogP contribution in [0, 0.1) is 18.6 Å². The Kier molecular flexibility index (Phi) is 3.33. The van der Waals surface area contributed by atoms with E-state index in [1.165, 1.54) is 0 Å². The topological polar surface area (TPSA) is 56.0 Å². The van der Waals surface area contributed by atoms with Crippen LogP contribution < -0.4 is 4.74 Å². The highest BCUT2D eigenvalue weighted by molar-refractivity contribution is 7.71. The van der Waals surface area contributed by atoms with Crippen molar-refractivity contribution in [1.29, 1.82) is 0 Å². The first-order chi connectivity index (χ1) is 10.0. The molecule has 1 N–H and O–H groups in total. The predicted molar refractivity (Wildman–Crippen MR) is 83.5 cm³/mol. The van der Waals surface area contributed by atoms with E-state index in [1.54, 1.807) is 7.11 Å². The Balaban J connectivity index is 2.21. The first kappa shape index (κ1) is 13.9. The summed E-state index contributed by atoms with van der Waals surface area (Å²) in [5, 5.41) is 0. The highest BCUT2D eigenvalue weighted by atomic mass is 32.1. The van der Waals surface area contributed by atoms with Crippen LogP contribution >= 0.6 is 12.2 Å². The van der Waals surface area contributed by atoms with Crippen molar-refractivity contribution in [1.82, 2.24) is 14.5 Å². The molecule has 1 unspecified atom stereocenters. The molecule has 0 spiro atoms. The van der Waals surface area contributed by atoms with Crippen LogP contribution in [0.4, 0.5) is 0 Å². The first-order valence-corrected chi connectivity index (χ1v) is 7.14. The summed E-state index contributed by atoms with van der Waals surface area (Å²) in [5.41, 5.74) is 2.78. The van der Waals surface area contributed by atoms with Crippen LogP contribution in [0.3, 0.4) is 0 Å². The molecule has 0 aromatic carbocycles. The Morgan fingerprint density at radius 2 is 2.14 bits per heavy atom. The molecular formula is C15H17N3O2S. The smallest absolute Gasteiger partial charge is 0.215 e. The van der Waals surface area contributed by atoms with Crippen LogP contribution in [0.5, 0.6) is 5.88 Å². The molecule has 110 valence electrons. The van der Waals surface area contributed by atoms with Crippen molar-refractivity contribution in [2.45, 2.75) is 26.8 Å². The highest BCUT2D eigenvalue weighted by Crippen LogP contribution is 2.28. The lowest BCUT2D eigenvalue weighted by Gasteiger charge is -2.13. The minimum absolute atomic E-state index is 0.0308. The lowest BCUT2D eigenvalue weighted by molar-refractivity contribution is 0.398. The molecule has 0 amide bonds. The summed E-state index contributed by atoms with van der Waals surface area (Å²) < 4.78 is 13.5. The number of fused-ring (bicyclic) bond motifs is 1. The summed E-state index contributed by atoms with van der Waals surface area (Å²) in [7, 11) is 1.60. The number of nitrogens with one attached hydrogen (secondary N) is 1. The summed E-state index contributed by atoms with van der Waals surface area (Å²) in [6.07, 6.45) is 0. The minimum atomic E-state index is 0.0308. The molecule has 0 saturated heterocycles. The summed E-state index contributed by atoms with van der Waals surface area (Å²) in [5.74, 6) is 2.36. The Morgan fingerprint density at radius 1 is 1.38 bits per heavy atom. The number of aromatic nitrogens is 3. The van der Waals surface area contributed by atoms with Gasteiger partial charge in [-0.2, -0.15) is 4.98 Å². The zero-order valence-electron chi connectivity index (χ0n) is 12.4. The normalized spacial score (nSPS) is 12.8. The van der Waals surface area contributed by atoms with Crippen LogP contribution in [-0.2, 0) is 0 Å². The number of aryl methyl sites for hydroxylation is 2. The van der Waals surface area contributed by atoms with Gasteiger partial charge in [0.15, 0.2) is 10.4 Å². The van der Waals surface area contributed by atoms with Gasteiger partial charge < -0.3 is 14.1 Å². The van der Waals surface area contributed by atoms with E-state index in [4.69, 9.17) is 21.4 Å². The van der Waals surface area contributed by atoms with Crippen LogP contribution in [0.25, 0.3) is 11.2 Å². The van der Waals surface area contributed by atoms with Crippen molar-refractivity contribution in [3.8, 4) is 5.88 Å². The molecule has 5 nitrogen and oxygen atoms in total. The van der Waals surface area contributed by atoms with Crippen LogP contribution in [-0.4, -0.2) is 21.6 Å². The molecule has 3 heterocycles. The second kappa shape index (κ2) is 5.04. The molecule has 3 rings (SSSR count). The monoisotopic (exact) mass is 303 g/mol. The molecule has 21 heavy (non-hydrogen) atoms. The number of furan rings is 1. The predicted octanol–water partition coefficient (Wildman–Crippen LogP) is 3.92. The number of hydrogen-bond donors (Lipinski definition) is 1. The fourth-order valence-electron chi connectivity index (χ4n) is 2.66. The van der Waals surface area contributed by atoms with Crippen molar-refractivity contribution in [2.24, 2.45) is 0 Å². The lowest BCUT2D eigenvalue weighted by Crippen LogP contribution is -2.08. The van der Waals surface area contributed by atoms with Crippen LogP contribution in [0.2, 0.25) is 0 Å². The molecule has 0 fully saturated rings. The Labute approximate surface area is 127 Å². The molecule has 3 aromatic rings. The molecule has 0 bridgehead atoms. The molecule has 0 aliphatic rings. The molecule has 6 heteroatoms. The molecule has 0 saturated carbocycles. The van der Waals surface area contributed by atoms with Crippen molar-refractivity contribution in [2.75, 3.05) is 7.11 Å². The van der Waals surface area contributed by atoms with E-state index >= 15 is 0 Å². The Morgan fingerprint density at radius 3 is 2.76 bits per heavy atom. The van der Waals surface area contributed by atoms with Gasteiger partial charge in [0.25, 0.3) is 0 Å². The second-order valence-electron chi connectivity index (χ2n) is 5.07. The minimum Gasteiger partial charge on any atom is -0.481 e. The van der Waals surface area contributed by atoms with E-state index in [0.717, 1.165) is 28.2 Å². The fraction of sp³-hybridized carbons (Fsp3) is 0.333. The number of nitrogens with zero attached hydrogens (tertiary/aromatic N) is 2. The summed E-state index contributed by atoms with van der Waals surface area (Å²) in [6, 6.07) is 5.81. The number of H-pyrrole nitrogens is 1. The van der Waals surface area contributed by atoms with Gasteiger partial charge in [-0.15, -0.1) is 0 Å². The molecule has 0 aliphatic carbocycles. The molecule has 0 aliphatic heterocycles. The van der Waals surface area contributed by atoms with Gasteiger partial charge >= 0.3 is 0 Å². The maximum atomic E-state index is 5.63. The summed E-state index contributed by atoms with van der Waals surface area (Å²) in [6.45, 7) is 5.99. The Hall–Kier alpha value is -2.08. The average molecular weight is 303 g/mol. The zero-order chi connectivity index (χ0) is 15.1.